The second-order valence-corrected chi connectivity index (χ2v) is 7.84. The highest BCUT2D eigenvalue weighted by Crippen LogP contribution is 2.25. The summed E-state index contributed by atoms with van der Waals surface area (Å²) in [6.07, 6.45) is 0. The average molecular weight is 394 g/mol. The molecule has 1 aromatic carbocycles. The van der Waals surface area contributed by atoms with Crippen LogP contribution in [0.4, 0.5) is 0 Å². The minimum Gasteiger partial charge on any atom is -0.451 e. The molecule has 7 heteroatoms. The fraction of sp³-hybridized carbons (Fsp3) is 0.409. The highest BCUT2D eigenvalue weighted by Gasteiger charge is 2.20. The summed E-state index contributed by atoms with van der Waals surface area (Å²) in [5, 5.41) is 4.14. The van der Waals surface area contributed by atoms with E-state index < -0.39 is 5.97 Å². The second-order valence-electron chi connectivity index (χ2n) is 7.84. The number of aryl methyl sites for hydroxylation is 2. The van der Waals surface area contributed by atoms with Crippen molar-refractivity contribution in [3.8, 4) is 0 Å². The molecule has 0 aliphatic carbocycles. The molecule has 29 heavy (non-hydrogen) atoms. The van der Waals surface area contributed by atoms with Crippen LogP contribution in [0, 0.1) is 13.8 Å². The smallest absolute Gasteiger partial charge is 0.378 e. The Hall–Kier alpha value is -3.09. The van der Waals surface area contributed by atoms with Gasteiger partial charge in [0.15, 0.2) is 6.61 Å². The minimum atomic E-state index is -0.745. The van der Waals surface area contributed by atoms with Gasteiger partial charge < -0.3 is 4.74 Å². The first-order valence-electron chi connectivity index (χ1n) is 9.72. The third kappa shape index (κ3) is 4.34. The van der Waals surface area contributed by atoms with Crippen molar-refractivity contribution in [3.63, 3.8) is 0 Å². The van der Waals surface area contributed by atoms with Gasteiger partial charge in [-0.05, 0) is 42.9 Å². The largest absolute Gasteiger partial charge is 0.451 e. The van der Waals surface area contributed by atoms with Gasteiger partial charge in [-0.3, -0.25) is 4.79 Å². The summed E-state index contributed by atoms with van der Waals surface area (Å²) >= 11 is 0. The maximum absolute atomic E-state index is 12.7. The summed E-state index contributed by atoms with van der Waals surface area (Å²) in [4.78, 5) is 33.5. The van der Waals surface area contributed by atoms with Crippen molar-refractivity contribution >= 4 is 17.5 Å². The number of carbonyl (C=O) groups is 2. The molecule has 0 aliphatic heterocycles. The lowest BCUT2D eigenvalue weighted by Crippen LogP contribution is -2.17. The van der Waals surface area contributed by atoms with Gasteiger partial charge in [-0.1, -0.05) is 45.9 Å². The van der Waals surface area contributed by atoms with Gasteiger partial charge in [0.05, 0.1) is 0 Å². The van der Waals surface area contributed by atoms with E-state index in [2.05, 4.69) is 35.0 Å². The monoisotopic (exact) mass is 394 g/mol. The zero-order valence-corrected chi connectivity index (χ0v) is 17.7. The molecule has 0 N–H and O–H groups in total. The number of rotatable bonds is 6. The number of carbonyl (C=O) groups excluding carboxylic acids is 2. The molecule has 2 heterocycles. The first-order valence-corrected chi connectivity index (χ1v) is 9.72. The van der Waals surface area contributed by atoms with Crippen molar-refractivity contribution in [2.75, 3.05) is 6.61 Å². The van der Waals surface area contributed by atoms with E-state index >= 15 is 0 Å². The van der Waals surface area contributed by atoms with Crippen molar-refractivity contribution in [2.45, 2.75) is 53.4 Å². The molecule has 0 spiro atoms. The highest BCUT2D eigenvalue weighted by atomic mass is 16.5. The molecule has 2 aromatic heterocycles. The van der Waals surface area contributed by atoms with Crippen LogP contribution >= 0.6 is 0 Å². The van der Waals surface area contributed by atoms with Crippen LogP contribution < -0.4 is 0 Å². The Balaban J connectivity index is 1.77. The molecule has 3 rings (SSSR count). The normalized spacial score (nSPS) is 11.4. The summed E-state index contributed by atoms with van der Waals surface area (Å²) in [7, 11) is 0. The third-order valence-corrected chi connectivity index (χ3v) is 4.80. The highest BCUT2D eigenvalue weighted by molar-refractivity contribution is 6.00. The first kappa shape index (κ1) is 20.6. The van der Waals surface area contributed by atoms with E-state index in [1.807, 2.05) is 45.9 Å². The Morgan fingerprint density at radius 2 is 1.76 bits per heavy atom. The maximum atomic E-state index is 12.7. The number of esters is 1. The zero-order chi connectivity index (χ0) is 21.3. The lowest BCUT2D eigenvalue weighted by atomic mass is 9.90. The van der Waals surface area contributed by atoms with E-state index in [1.165, 1.54) is 10.1 Å². The molecule has 152 valence electrons. The molecular formula is C22H26N4O3. The molecule has 0 saturated carbocycles. The van der Waals surface area contributed by atoms with Gasteiger partial charge in [0.1, 0.15) is 0 Å². The van der Waals surface area contributed by atoms with Gasteiger partial charge in [0.25, 0.3) is 11.6 Å². The van der Waals surface area contributed by atoms with E-state index in [1.54, 1.807) is 0 Å². The fourth-order valence-corrected chi connectivity index (χ4v) is 3.20. The van der Waals surface area contributed by atoms with Crippen molar-refractivity contribution in [3.05, 3.63) is 58.2 Å². The summed E-state index contributed by atoms with van der Waals surface area (Å²) < 4.78 is 6.68. The van der Waals surface area contributed by atoms with E-state index in [-0.39, 0.29) is 24.1 Å². The summed E-state index contributed by atoms with van der Waals surface area (Å²) in [5.74, 6) is -0.223. The molecule has 0 aliphatic rings. The lowest BCUT2D eigenvalue weighted by molar-refractivity contribution is 0.0462. The topological polar surface area (TPSA) is 86.5 Å². The van der Waals surface area contributed by atoms with E-state index in [0.717, 1.165) is 17.0 Å². The standard InChI is InChI=1S/C22H26N4O3/c1-12(2)16-7-8-17(18(10-16)13(3)4)19(27)11-29-21(28)20-24-22-23-14(5)9-15(6)26(22)25-20/h7-10,12-13H,11H2,1-6H3. The maximum Gasteiger partial charge on any atom is 0.378 e. The summed E-state index contributed by atoms with van der Waals surface area (Å²) in [5.41, 5.74) is 4.30. The molecule has 7 nitrogen and oxygen atoms in total. The fourth-order valence-electron chi connectivity index (χ4n) is 3.20. The average Bonchev–Trinajstić information content (AvgIpc) is 3.09. The Morgan fingerprint density at radius 3 is 2.41 bits per heavy atom. The molecule has 0 saturated heterocycles. The molecule has 0 radical (unpaired) electrons. The number of hydrogen-bond donors (Lipinski definition) is 0. The number of benzene rings is 1. The molecule has 0 unspecified atom stereocenters. The Kier molecular flexibility index (Phi) is 5.77. The quantitative estimate of drug-likeness (QED) is 0.463. The van der Waals surface area contributed by atoms with Crippen LogP contribution in [-0.4, -0.2) is 37.9 Å². The van der Waals surface area contributed by atoms with Crippen molar-refractivity contribution < 1.29 is 14.3 Å². The minimum absolute atomic E-state index is 0.113. The molecule has 0 bridgehead atoms. The van der Waals surface area contributed by atoms with Gasteiger partial charge in [-0.15, -0.1) is 5.10 Å². The number of nitrogens with zero attached hydrogens (tertiary/aromatic N) is 4. The Labute approximate surface area is 170 Å². The van der Waals surface area contributed by atoms with E-state index in [4.69, 9.17) is 4.74 Å². The van der Waals surface area contributed by atoms with Crippen LogP contribution in [0.3, 0.4) is 0 Å². The number of hydrogen-bond acceptors (Lipinski definition) is 6. The van der Waals surface area contributed by atoms with Gasteiger partial charge in [0, 0.05) is 17.0 Å². The zero-order valence-electron chi connectivity index (χ0n) is 17.7. The van der Waals surface area contributed by atoms with Gasteiger partial charge >= 0.3 is 5.97 Å². The van der Waals surface area contributed by atoms with Crippen molar-refractivity contribution in [2.24, 2.45) is 0 Å². The number of aromatic nitrogens is 4. The molecule has 0 atom stereocenters. The van der Waals surface area contributed by atoms with E-state index in [0.29, 0.717) is 17.3 Å². The predicted molar refractivity (Wildman–Crippen MR) is 109 cm³/mol. The van der Waals surface area contributed by atoms with Gasteiger partial charge in [-0.25, -0.2) is 14.3 Å². The van der Waals surface area contributed by atoms with E-state index in [9.17, 15) is 9.59 Å². The molecule has 3 aromatic rings. The summed E-state index contributed by atoms with van der Waals surface area (Å²) in [6.45, 7) is 11.6. The SMILES string of the molecule is Cc1cc(C)n2nc(C(=O)OCC(=O)c3ccc(C(C)C)cc3C(C)C)nc2n1. The van der Waals surface area contributed by atoms with Crippen LogP contribution in [0.1, 0.15) is 83.0 Å². The number of Topliss-reactive ketones (excluding diaryl/α,β-unsaturated/α-hetero) is 1. The van der Waals surface area contributed by atoms with Crippen LogP contribution in [0.5, 0.6) is 0 Å². The van der Waals surface area contributed by atoms with Gasteiger partial charge in [0.2, 0.25) is 5.78 Å². The molecular weight excluding hydrogens is 368 g/mol. The first-order chi connectivity index (χ1) is 13.7. The predicted octanol–water partition coefficient (Wildman–Crippen LogP) is 4.03. The number of ketones is 1. The Bertz CT molecular complexity index is 1080. The number of fused-ring (bicyclic) bond motifs is 1. The van der Waals surface area contributed by atoms with Crippen LogP contribution in [0.15, 0.2) is 24.3 Å². The Morgan fingerprint density at radius 1 is 1.03 bits per heavy atom. The molecule has 0 amide bonds. The van der Waals surface area contributed by atoms with Crippen LogP contribution in [0.2, 0.25) is 0 Å². The molecule has 0 fully saturated rings. The van der Waals surface area contributed by atoms with Gasteiger partial charge in [-0.2, -0.15) is 4.98 Å². The lowest BCUT2D eigenvalue weighted by Gasteiger charge is -2.15. The third-order valence-electron chi connectivity index (χ3n) is 4.80. The van der Waals surface area contributed by atoms with Crippen molar-refractivity contribution in [1.29, 1.82) is 0 Å². The van der Waals surface area contributed by atoms with Crippen molar-refractivity contribution in [1.82, 2.24) is 19.6 Å². The number of ether oxygens (including phenoxy) is 1. The summed E-state index contributed by atoms with van der Waals surface area (Å²) in [6, 6.07) is 7.67. The second kappa shape index (κ2) is 8.11. The van der Waals surface area contributed by atoms with Crippen LogP contribution in [-0.2, 0) is 4.74 Å². The van der Waals surface area contributed by atoms with Crippen LogP contribution in [0.25, 0.3) is 5.78 Å².